The fraction of sp³-hybridized carbons (Fsp3) is 0.700. The van der Waals surface area contributed by atoms with Crippen molar-refractivity contribution in [3.63, 3.8) is 0 Å². The van der Waals surface area contributed by atoms with Crippen LogP contribution in [0.25, 0.3) is 0 Å². The molecule has 2 unspecified atom stereocenters. The molecule has 0 bridgehead atoms. The van der Waals surface area contributed by atoms with E-state index in [9.17, 15) is 0 Å². The van der Waals surface area contributed by atoms with E-state index in [1.807, 2.05) is 0 Å². The van der Waals surface area contributed by atoms with Crippen LogP contribution in [0.2, 0.25) is 10.6 Å². The molecular weight excluding hydrogens is 263 g/mol. The fourth-order valence-electron chi connectivity index (χ4n) is 2.00. The van der Waals surface area contributed by atoms with E-state index in [0.29, 0.717) is 18.0 Å². The van der Waals surface area contributed by atoms with Gasteiger partial charge in [0.15, 0.2) is 0 Å². The SMILES string of the molecule is CCC1OCCC1CNc1nc(Cl)nc(Cl)n1. The highest BCUT2D eigenvalue weighted by Crippen LogP contribution is 2.23. The second-order valence-corrected chi connectivity index (χ2v) is 4.62. The van der Waals surface area contributed by atoms with Crippen molar-refractivity contribution in [1.82, 2.24) is 15.0 Å². The summed E-state index contributed by atoms with van der Waals surface area (Å²) in [5, 5.41) is 3.32. The number of nitrogens with one attached hydrogen (secondary N) is 1. The van der Waals surface area contributed by atoms with Crippen LogP contribution >= 0.6 is 23.2 Å². The first kappa shape index (κ1) is 12.8. The van der Waals surface area contributed by atoms with Gasteiger partial charge in [-0.1, -0.05) is 6.92 Å². The van der Waals surface area contributed by atoms with Crippen LogP contribution < -0.4 is 5.32 Å². The summed E-state index contributed by atoms with van der Waals surface area (Å²) < 4.78 is 5.61. The molecule has 2 heterocycles. The molecule has 7 heteroatoms. The third-order valence-electron chi connectivity index (χ3n) is 2.85. The Balaban J connectivity index is 1.93. The number of hydrogen-bond donors (Lipinski definition) is 1. The van der Waals surface area contributed by atoms with Crippen molar-refractivity contribution in [3.05, 3.63) is 10.6 Å². The molecule has 1 aliphatic rings. The largest absolute Gasteiger partial charge is 0.378 e. The summed E-state index contributed by atoms with van der Waals surface area (Å²) in [7, 11) is 0. The third kappa shape index (κ3) is 3.40. The molecule has 0 spiro atoms. The Morgan fingerprint density at radius 1 is 1.29 bits per heavy atom. The molecule has 1 aromatic heterocycles. The molecular formula is C10H14Cl2N4O. The monoisotopic (exact) mass is 276 g/mol. The quantitative estimate of drug-likeness (QED) is 0.915. The molecule has 2 rings (SSSR count). The maximum atomic E-state index is 5.69. The molecule has 0 aromatic carbocycles. The van der Waals surface area contributed by atoms with Crippen LogP contribution in [0.4, 0.5) is 5.95 Å². The van der Waals surface area contributed by atoms with Crippen LogP contribution in [0.15, 0.2) is 0 Å². The second-order valence-electron chi connectivity index (χ2n) is 3.94. The van der Waals surface area contributed by atoms with Crippen molar-refractivity contribution < 1.29 is 4.74 Å². The Morgan fingerprint density at radius 3 is 2.65 bits per heavy atom. The predicted octanol–water partition coefficient (Wildman–Crippen LogP) is 2.41. The van der Waals surface area contributed by atoms with Crippen molar-refractivity contribution in [2.45, 2.75) is 25.9 Å². The van der Waals surface area contributed by atoms with Gasteiger partial charge in [-0.25, -0.2) is 0 Å². The highest BCUT2D eigenvalue weighted by Gasteiger charge is 2.26. The van der Waals surface area contributed by atoms with Gasteiger partial charge in [0.05, 0.1) is 6.10 Å². The molecule has 1 aromatic rings. The minimum atomic E-state index is 0.0993. The Morgan fingerprint density at radius 2 is 2.00 bits per heavy atom. The number of aromatic nitrogens is 3. The van der Waals surface area contributed by atoms with Crippen molar-refractivity contribution in [2.75, 3.05) is 18.5 Å². The fourth-order valence-corrected chi connectivity index (χ4v) is 2.37. The lowest BCUT2D eigenvalue weighted by atomic mass is 10.00. The van der Waals surface area contributed by atoms with E-state index >= 15 is 0 Å². The summed E-state index contributed by atoms with van der Waals surface area (Å²) in [5.41, 5.74) is 0. The number of ether oxygens (including phenoxy) is 1. The van der Waals surface area contributed by atoms with Crippen LogP contribution in [0.3, 0.4) is 0 Å². The average Bonchev–Trinajstić information content (AvgIpc) is 2.72. The Kier molecular flexibility index (Phi) is 4.36. The zero-order chi connectivity index (χ0) is 12.3. The first-order chi connectivity index (χ1) is 8.19. The maximum Gasteiger partial charge on any atom is 0.228 e. The minimum absolute atomic E-state index is 0.0993. The molecule has 1 aliphatic heterocycles. The maximum absolute atomic E-state index is 5.69. The first-order valence-electron chi connectivity index (χ1n) is 5.61. The predicted molar refractivity (Wildman–Crippen MR) is 66.5 cm³/mol. The van der Waals surface area contributed by atoms with Crippen LogP contribution in [0.1, 0.15) is 19.8 Å². The van der Waals surface area contributed by atoms with Crippen molar-refractivity contribution in [3.8, 4) is 0 Å². The zero-order valence-electron chi connectivity index (χ0n) is 9.49. The molecule has 17 heavy (non-hydrogen) atoms. The summed E-state index contributed by atoms with van der Waals surface area (Å²) in [6, 6.07) is 0. The van der Waals surface area contributed by atoms with Crippen LogP contribution in [0, 0.1) is 5.92 Å². The summed E-state index contributed by atoms with van der Waals surface area (Å²) >= 11 is 11.4. The van der Waals surface area contributed by atoms with Crippen molar-refractivity contribution >= 4 is 29.2 Å². The Labute approximate surface area is 110 Å². The molecule has 0 saturated carbocycles. The van der Waals surface area contributed by atoms with Gasteiger partial charge in [0.1, 0.15) is 0 Å². The summed E-state index contributed by atoms with van der Waals surface area (Å²) in [6.45, 7) is 3.71. The van der Waals surface area contributed by atoms with Gasteiger partial charge in [-0.15, -0.1) is 0 Å². The molecule has 2 atom stereocenters. The van der Waals surface area contributed by atoms with E-state index in [-0.39, 0.29) is 10.6 Å². The minimum Gasteiger partial charge on any atom is -0.378 e. The number of anilines is 1. The third-order valence-corrected chi connectivity index (χ3v) is 3.19. The number of rotatable bonds is 4. The van der Waals surface area contributed by atoms with Gasteiger partial charge in [0.25, 0.3) is 0 Å². The van der Waals surface area contributed by atoms with E-state index in [4.69, 9.17) is 27.9 Å². The standard InChI is InChI=1S/C10H14Cl2N4O/c1-2-7-6(3-4-17-7)5-13-10-15-8(11)14-9(12)16-10/h6-7H,2-5H2,1H3,(H,13,14,15,16). The smallest absolute Gasteiger partial charge is 0.228 e. The molecule has 0 amide bonds. The topological polar surface area (TPSA) is 59.9 Å². The number of nitrogens with zero attached hydrogens (tertiary/aromatic N) is 3. The van der Waals surface area contributed by atoms with E-state index in [1.165, 1.54) is 0 Å². The molecule has 0 radical (unpaired) electrons. The molecule has 1 saturated heterocycles. The van der Waals surface area contributed by atoms with Gasteiger partial charge in [-0.05, 0) is 36.0 Å². The molecule has 1 fully saturated rings. The van der Waals surface area contributed by atoms with E-state index in [1.54, 1.807) is 0 Å². The highest BCUT2D eigenvalue weighted by atomic mass is 35.5. The van der Waals surface area contributed by atoms with Crippen LogP contribution in [-0.2, 0) is 4.74 Å². The Bertz CT molecular complexity index is 370. The van der Waals surface area contributed by atoms with Gasteiger partial charge in [-0.3, -0.25) is 0 Å². The Hall–Kier alpha value is -0.650. The molecule has 94 valence electrons. The van der Waals surface area contributed by atoms with Crippen molar-refractivity contribution in [1.29, 1.82) is 0 Å². The van der Waals surface area contributed by atoms with Crippen molar-refractivity contribution in [2.24, 2.45) is 5.92 Å². The lowest BCUT2D eigenvalue weighted by Gasteiger charge is -2.17. The van der Waals surface area contributed by atoms with Gasteiger partial charge in [0, 0.05) is 19.1 Å². The van der Waals surface area contributed by atoms with Crippen LogP contribution in [0.5, 0.6) is 0 Å². The first-order valence-corrected chi connectivity index (χ1v) is 6.37. The molecule has 1 N–H and O–H groups in total. The second kappa shape index (κ2) is 5.80. The molecule has 5 nitrogen and oxygen atoms in total. The normalized spacial score (nSPS) is 23.9. The van der Waals surface area contributed by atoms with Crippen LogP contribution in [-0.4, -0.2) is 34.2 Å². The van der Waals surface area contributed by atoms with Gasteiger partial charge >= 0.3 is 0 Å². The summed E-state index contributed by atoms with van der Waals surface area (Å²) in [5.74, 6) is 0.895. The average molecular weight is 277 g/mol. The summed E-state index contributed by atoms with van der Waals surface area (Å²) in [6.07, 6.45) is 2.39. The zero-order valence-corrected chi connectivity index (χ0v) is 11.0. The van der Waals surface area contributed by atoms with Gasteiger partial charge in [0.2, 0.25) is 16.5 Å². The van der Waals surface area contributed by atoms with E-state index in [0.717, 1.165) is 26.0 Å². The number of halogens is 2. The van der Waals surface area contributed by atoms with E-state index < -0.39 is 0 Å². The van der Waals surface area contributed by atoms with E-state index in [2.05, 4.69) is 27.2 Å². The molecule has 0 aliphatic carbocycles. The lowest BCUT2D eigenvalue weighted by Crippen LogP contribution is -2.23. The van der Waals surface area contributed by atoms with Gasteiger partial charge < -0.3 is 10.1 Å². The van der Waals surface area contributed by atoms with Gasteiger partial charge in [-0.2, -0.15) is 15.0 Å². The lowest BCUT2D eigenvalue weighted by molar-refractivity contribution is 0.0900. The highest BCUT2D eigenvalue weighted by molar-refractivity contribution is 6.31. The number of hydrogen-bond acceptors (Lipinski definition) is 5. The summed E-state index contributed by atoms with van der Waals surface area (Å²) in [4.78, 5) is 11.6.